The highest BCUT2D eigenvalue weighted by Gasteiger charge is 2.21. The monoisotopic (exact) mass is 347 g/mol. The van der Waals surface area contributed by atoms with Gasteiger partial charge >= 0.3 is 0 Å². The number of rotatable bonds is 8. The maximum absolute atomic E-state index is 12.2. The summed E-state index contributed by atoms with van der Waals surface area (Å²) < 4.78 is 11.2. The molecule has 5 nitrogen and oxygen atoms in total. The Hall–Kier alpha value is -1.88. The third kappa shape index (κ3) is 5.85. The van der Waals surface area contributed by atoms with Crippen LogP contribution in [0, 0.1) is 5.92 Å². The quantitative estimate of drug-likeness (QED) is 0.579. The highest BCUT2D eigenvalue weighted by atomic mass is 16.5. The molecule has 1 aromatic rings. The van der Waals surface area contributed by atoms with E-state index in [1.807, 2.05) is 0 Å². The molecule has 1 fully saturated rings. The van der Waals surface area contributed by atoms with Gasteiger partial charge in [-0.3, -0.25) is 9.59 Å². The van der Waals surface area contributed by atoms with Crippen molar-refractivity contribution < 1.29 is 19.1 Å². The summed E-state index contributed by atoms with van der Waals surface area (Å²) in [7, 11) is 1.56. The molecule has 1 saturated carbocycles. The zero-order valence-electron chi connectivity index (χ0n) is 15.5. The molecule has 1 N–H and O–H groups in total. The molecule has 0 unspecified atom stereocenters. The fourth-order valence-electron chi connectivity index (χ4n) is 3.30. The molecule has 0 spiro atoms. The number of carbonyl (C=O) groups excluding carboxylic acids is 2. The molecule has 0 heterocycles. The van der Waals surface area contributed by atoms with Gasteiger partial charge in [0.05, 0.1) is 26.2 Å². The summed E-state index contributed by atoms with van der Waals surface area (Å²) in [5.41, 5.74) is 1.30. The van der Waals surface area contributed by atoms with Crippen molar-refractivity contribution in [3.8, 4) is 5.75 Å². The molecule has 0 saturated heterocycles. The predicted molar refractivity (Wildman–Crippen MR) is 97.1 cm³/mol. The molecule has 0 aromatic heterocycles. The number of amides is 1. The first-order valence-corrected chi connectivity index (χ1v) is 9.07. The van der Waals surface area contributed by atoms with Crippen molar-refractivity contribution >= 4 is 11.7 Å². The summed E-state index contributed by atoms with van der Waals surface area (Å²) >= 11 is 0. The van der Waals surface area contributed by atoms with Gasteiger partial charge in [-0.1, -0.05) is 19.8 Å². The maximum Gasteiger partial charge on any atom is 0.224 e. The van der Waals surface area contributed by atoms with Crippen molar-refractivity contribution in [1.29, 1.82) is 0 Å². The normalized spacial score (nSPS) is 20.1. The first-order valence-electron chi connectivity index (χ1n) is 9.07. The van der Waals surface area contributed by atoms with Crippen molar-refractivity contribution in [2.24, 2.45) is 5.92 Å². The van der Waals surface area contributed by atoms with Gasteiger partial charge in [0.15, 0.2) is 5.78 Å². The van der Waals surface area contributed by atoms with Crippen molar-refractivity contribution in [2.75, 3.05) is 20.3 Å². The van der Waals surface area contributed by atoms with Crippen LogP contribution in [0.4, 0.5) is 0 Å². The maximum atomic E-state index is 12.2. The SMILES string of the molecule is COc1ccc(C(C)=O)cc1CC(=O)NCCO[C@H]1CCCC[C@@H]1C. The summed E-state index contributed by atoms with van der Waals surface area (Å²) in [6.07, 6.45) is 5.36. The Morgan fingerprint density at radius 2 is 2.00 bits per heavy atom. The predicted octanol–water partition coefficient (Wildman–Crippen LogP) is 3.15. The molecule has 1 amide bonds. The van der Waals surface area contributed by atoms with Gasteiger partial charge in [0, 0.05) is 17.7 Å². The third-order valence-corrected chi connectivity index (χ3v) is 4.83. The number of hydrogen-bond acceptors (Lipinski definition) is 4. The fourth-order valence-corrected chi connectivity index (χ4v) is 3.30. The second kappa shape index (κ2) is 9.56. The lowest BCUT2D eigenvalue weighted by molar-refractivity contribution is -0.120. The summed E-state index contributed by atoms with van der Waals surface area (Å²) in [5, 5.41) is 2.88. The lowest BCUT2D eigenvalue weighted by atomic mass is 9.88. The van der Waals surface area contributed by atoms with Crippen LogP contribution in [0.1, 0.15) is 55.5 Å². The van der Waals surface area contributed by atoms with Gasteiger partial charge in [-0.25, -0.2) is 0 Å². The van der Waals surface area contributed by atoms with Crippen molar-refractivity contribution in [1.82, 2.24) is 5.32 Å². The molecule has 138 valence electrons. The van der Waals surface area contributed by atoms with Crippen molar-refractivity contribution in [2.45, 2.75) is 52.1 Å². The van der Waals surface area contributed by atoms with Gasteiger partial charge in [-0.05, 0) is 43.9 Å². The molecule has 25 heavy (non-hydrogen) atoms. The zero-order valence-corrected chi connectivity index (χ0v) is 15.5. The smallest absolute Gasteiger partial charge is 0.224 e. The fraction of sp³-hybridized carbons (Fsp3) is 0.600. The van der Waals surface area contributed by atoms with Gasteiger partial charge in [-0.15, -0.1) is 0 Å². The molecular formula is C20H29NO4. The van der Waals surface area contributed by atoms with E-state index in [0.717, 1.165) is 12.0 Å². The number of ketones is 1. The number of hydrogen-bond donors (Lipinski definition) is 1. The summed E-state index contributed by atoms with van der Waals surface area (Å²) in [5.74, 6) is 1.09. The molecule has 2 atom stereocenters. The minimum Gasteiger partial charge on any atom is -0.496 e. The van der Waals surface area contributed by atoms with Crippen LogP contribution in [-0.2, 0) is 16.0 Å². The summed E-state index contributed by atoms with van der Waals surface area (Å²) in [6, 6.07) is 5.16. The van der Waals surface area contributed by atoms with Crippen LogP contribution in [0.15, 0.2) is 18.2 Å². The van der Waals surface area contributed by atoms with Gasteiger partial charge in [0.2, 0.25) is 5.91 Å². The number of nitrogens with one attached hydrogen (secondary N) is 1. The first kappa shape index (κ1) is 19.4. The van der Waals surface area contributed by atoms with E-state index in [1.165, 1.54) is 26.2 Å². The van der Waals surface area contributed by atoms with Crippen molar-refractivity contribution in [3.05, 3.63) is 29.3 Å². The van der Waals surface area contributed by atoms with E-state index in [9.17, 15) is 9.59 Å². The molecule has 1 aliphatic rings. The summed E-state index contributed by atoms with van der Waals surface area (Å²) in [4.78, 5) is 23.7. The van der Waals surface area contributed by atoms with Crippen molar-refractivity contribution in [3.63, 3.8) is 0 Å². The van der Waals surface area contributed by atoms with Crippen LogP contribution in [0.2, 0.25) is 0 Å². The van der Waals surface area contributed by atoms with Gasteiger partial charge in [0.25, 0.3) is 0 Å². The van der Waals surface area contributed by atoms with Crippen LogP contribution >= 0.6 is 0 Å². The second-order valence-electron chi connectivity index (χ2n) is 6.78. The molecule has 5 heteroatoms. The average molecular weight is 347 g/mol. The van der Waals surface area contributed by atoms with Crippen LogP contribution in [-0.4, -0.2) is 38.1 Å². The van der Waals surface area contributed by atoms with E-state index in [1.54, 1.807) is 25.3 Å². The molecular weight excluding hydrogens is 318 g/mol. The van der Waals surface area contributed by atoms with E-state index in [0.29, 0.717) is 36.5 Å². The Kier molecular flexibility index (Phi) is 7.44. The Morgan fingerprint density at radius 3 is 2.68 bits per heavy atom. The molecule has 0 radical (unpaired) electrons. The minimum atomic E-state index is -0.0979. The topological polar surface area (TPSA) is 64.6 Å². The lowest BCUT2D eigenvalue weighted by Crippen LogP contribution is -2.32. The zero-order chi connectivity index (χ0) is 18.2. The number of benzene rings is 1. The number of ether oxygens (including phenoxy) is 2. The van der Waals surface area contributed by atoms with E-state index in [4.69, 9.17) is 9.47 Å². The number of carbonyl (C=O) groups is 2. The Bertz CT molecular complexity index is 599. The van der Waals surface area contributed by atoms with E-state index in [2.05, 4.69) is 12.2 Å². The molecule has 2 rings (SSSR count). The standard InChI is InChI=1S/C20H29NO4/c1-14-6-4-5-7-18(14)25-11-10-21-20(23)13-17-12-16(15(2)22)8-9-19(17)24-3/h8-9,12,14,18H,4-7,10-11,13H2,1-3H3,(H,21,23)/t14-,18-/m0/s1. The van der Waals surface area contributed by atoms with Crippen LogP contribution < -0.4 is 10.1 Å². The van der Waals surface area contributed by atoms with Crippen LogP contribution in [0.25, 0.3) is 0 Å². The third-order valence-electron chi connectivity index (χ3n) is 4.83. The first-order chi connectivity index (χ1) is 12.0. The highest BCUT2D eigenvalue weighted by molar-refractivity contribution is 5.94. The molecule has 0 aliphatic heterocycles. The van der Waals surface area contributed by atoms with E-state index < -0.39 is 0 Å². The largest absolute Gasteiger partial charge is 0.496 e. The second-order valence-corrected chi connectivity index (χ2v) is 6.78. The molecule has 1 aliphatic carbocycles. The Balaban J connectivity index is 1.79. The minimum absolute atomic E-state index is 0.0284. The number of methoxy groups -OCH3 is 1. The Labute approximate surface area is 150 Å². The summed E-state index contributed by atoms with van der Waals surface area (Å²) in [6.45, 7) is 4.77. The highest BCUT2D eigenvalue weighted by Crippen LogP contribution is 2.26. The van der Waals surface area contributed by atoms with Gasteiger partial charge in [-0.2, -0.15) is 0 Å². The molecule has 0 bridgehead atoms. The lowest BCUT2D eigenvalue weighted by Gasteiger charge is -2.28. The van der Waals surface area contributed by atoms with Gasteiger partial charge < -0.3 is 14.8 Å². The average Bonchev–Trinajstić information content (AvgIpc) is 2.60. The van der Waals surface area contributed by atoms with E-state index in [-0.39, 0.29) is 18.1 Å². The van der Waals surface area contributed by atoms with Gasteiger partial charge in [0.1, 0.15) is 5.75 Å². The van der Waals surface area contributed by atoms with Crippen LogP contribution in [0.5, 0.6) is 5.75 Å². The van der Waals surface area contributed by atoms with Crippen LogP contribution in [0.3, 0.4) is 0 Å². The van der Waals surface area contributed by atoms with E-state index >= 15 is 0 Å². The number of Topliss-reactive ketones (excluding diaryl/α,β-unsaturated/α-hetero) is 1. The Morgan fingerprint density at radius 1 is 1.24 bits per heavy atom. The molecule has 1 aromatic carbocycles.